The summed E-state index contributed by atoms with van der Waals surface area (Å²) in [7, 11) is 0. The first-order chi connectivity index (χ1) is 8.66. The van der Waals surface area contributed by atoms with Gasteiger partial charge >= 0.3 is 0 Å². The van der Waals surface area contributed by atoms with Gasteiger partial charge in [0.15, 0.2) is 0 Å². The average molecular weight is 241 g/mol. The number of anilines is 1. The molecule has 2 rings (SSSR count). The molecule has 1 aromatic carbocycles. The number of carbonyl (C=O) groups excluding carboxylic acids is 2. The van der Waals surface area contributed by atoms with Crippen molar-refractivity contribution in [3.05, 3.63) is 48.7 Å². The van der Waals surface area contributed by atoms with Crippen molar-refractivity contribution < 1.29 is 14.7 Å². The Morgan fingerprint density at radius 1 is 1.17 bits per heavy atom. The van der Waals surface area contributed by atoms with Crippen LogP contribution in [0.15, 0.2) is 48.7 Å². The standard InChI is InChI=1S/C13H10N2O3/c16-11(6-7-12(17)18)15-10-5-1-3-9-4-2-8-14-13(9)10/h1-8H,(H,15,16)(H,17,18)/p-1. The summed E-state index contributed by atoms with van der Waals surface area (Å²) in [4.78, 5) is 25.8. The van der Waals surface area contributed by atoms with Gasteiger partial charge in [0.2, 0.25) is 5.91 Å². The van der Waals surface area contributed by atoms with E-state index in [0.29, 0.717) is 17.3 Å². The van der Waals surface area contributed by atoms with Gasteiger partial charge < -0.3 is 15.2 Å². The van der Waals surface area contributed by atoms with Gasteiger partial charge in [0.25, 0.3) is 0 Å². The largest absolute Gasteiger partial charge is 0.545 e. The Morgan fingerprint density at radius 2 is 1.94 bits per heavy atom. The van der Waals surface area contributed by atoms with Crippen LogP contribution >= 0.6 is 0 Å². The molecule has 18 heavy (non-hydrogen) atoms. The molecule has 5 nitrogen and oxygen atoms in total. The SMILES string of the molecule is O=C([O-])C=CC(=O)Nc1cccc2cccnc12. The molecule has 1 aromatic heterocycles. The first-order valence-electron chi connectivity index (χ1n) is 5.20. The lowest BCUT2D eigenvalue weighted by Gasteiger charge is -2.05. The zero-order chi connectivity index (χ0) is 13.0. The third kappa shape index (κ3) is 2.70. The van der Waals surface area contributed by atoms with Gasteiger partial charge in [0.1, 0.15) is 0 Å². The third-order valence-electron chi connectivity index (χ3n) is 2.26. The number of amides is 1. The lowest BCUT2D eigenvalue weighted by atomic mass is 10.2. The van der Waals surface area contributed by atoms with Crippen molar-refractivity contribution in [3.63, 3.8) is 0 Å². The molecule has 0 unspecified atom stereocenters. The Hall–Kier alpha value is -2.69. The molecule has 0 aliphatic carbocycles. The van der Waals surface area contributed by atoms with Gasteiger partial charge in [-0.3, -0.25) is 9.78 Å². The van der Waals surface area contributed by atoms with E-state index >= 15 is 0 Å². The quantitative estimate of drug-likeness (QED) is 0.792. The summed E-state index contributed by atoms with van der Waals surface area (Å²) in [5, 5.41) is 13.6. The molecule has 0 aliphatic rings. The van der Waals surface area contributed by atoms with Crippen molar-refractivity contribution >= 4 is 28.5 Å². The summed E-state index contributed by atoms with van der Waals surface area (Å²) in [5.74, 6) is -1.96. The zero-order valence-electron chi connectivity index (χ0n) is 9.29. The van der Waals surface area contributed by atoms with E-state index in [9.17, 15) is 14.7 Å². The highest BCUT2D eigenvalue weighted by Gasteiger charge is 2.03. The molecular formula is C13H9N2O3-. The average Bonchev–Trinajstić information content (AvgIpc) is 2.37. The van der Waals surface area contributed by atoms with Crippen LogP contribution in [-0.2, 0) is 9.59 Å². The molecule has 1 N–H and O–H groups in total. The number of rotatable bonds is 3. The molecule has 2 aromatic rings. The fourth-order valence-electron chi connectivity index (χ4n) is 1.52. The van der Waals surface area contributed by atoms with E-state index in [1.165, 1.54) is 0 Å². The number of hydrogen-bond donors (Lipinski definition) is 1. The molecule has 5 heteroatoms. The highest BCUT2D eigenvalue weighted by Crippen LogP contribution is 2.20. The molecule has 0 fully saturated rings. The summed E-state index contributed by atoms with van der Waals surface area (Å²) in [6, 6.07) is 9.01. The van der Waals surface area contributed by atoms with Gasteiger partial charge in [-0.05, 0) is 18.2 Å². The molecule has 0 saturated carbocycles. The number of para-hydroxylation sites is 1. The smallest absolute Gasteiger partial charge is 0.248 e. The number of nitrogens with zero attached hydrogens (tertiary/aromatic N) is 1. The summed E-state index contributed by atoms with van der Waals surface area (Å²) in [6.45, 7) is 0. The van der Waals surface area contributed by atoms with Gasteiger partial charge in [-0.15, -0.1) is 0 Å². The molecule has 1 amide bonds. The normalized spacial score (nSPS) is 10.7. The lowest BCUT2D eigenvalue weighted by Crippen LogP contribution is -2.20. The second-order valence-corrected chi connectivity index (χ2v) is 3.52. The molecule has 90 valence electrons. The van der Waals surface area contributed by atoms with Crippen molar-refractivity contribution in [1.82, 2.24) is 4.98 Å². The van der Waals surface area contributed by atoms with Gasteiger partial charge in [0.05, 0.1) is 17.2 Å². The predicted octanol–water partition coefficient (Wildman–Crippen LogP) is 0.479. The maximum atomic E-state index is 11.4. The number of benzene rings is 1. The van der Waals surface area contributed by atoms with E-state index in [1.54, 1.807) is 24.4 Å². The Balaban J connectivity index is 2.27. The number of hydrogen-bond acceptors (Lipinski definition) is 4. The molecule has 1 heterocycles. The maximum absolute atomic E-state index is 11.4. The van der Waals surface area contributed by atoms with Crippen LogP contribution in [0, 0.1) is 0 Å². The molecule has 0 radical (unpaired) electrons. The van der Waals surface area contributed by atoms with Gasteiger partial charge in [-0.2, -0.15) is 0 Å². The molecule has 0 saturated heterocycles. The van der Waals surface area contributed by atoms with Gasteiger partial charge in [-0.25, -0.2) is 0 Å². The Kier molecular flexibility index (Phi) is 3.33. The van der Waals surface area contributed by atoms with Crippen LogP contribution in [0.3, 0.4) is 0 Å². The summed E-state index contributed by atoms with van der Waals surface area (Å²) >= 11 is 0. The second-order valence-electron chi connectivity index (χ2n) is 3.52. The van der Waals surface area contributed by atoms with Crippen molar-refractivity contribution in [1.29, 1.82) is 0 Å². The van der Waals surface area contributed by atoms with E-state index in [2.05, 4.69) is 10.3 Å². The molecular weight excluding hydrogens is 232 g/mol. The van der Waals surface area contributed by atoms with Crippen LogP contribution in [0.25, 0.3) is 10.9 Å². The van der Waals surface area contributed by atoms with Crippen LogP contribution < -0.4 is 10.4 Å². The summed E-state index contributed by atoms with van der Waals surface area (Å²) in [6.07, 6.45) is 3.19. The van der Waals surface area contributed by atoms with Crippen LogP contribution in [0.2, 0.25) is 0 Å². The number of aliphatic carboxylic acids is 1. The number of carboxylic acids is 1. The minimum Gasteiger partial charge on any atom is -0.545 e. The summed E-state index contributed by atoms with van der Waals surface area (Å²) < 4.78 is 0. The van der Waals surface area contributed by atoms with Crippen LogP contribution in [0.1, 0.15) is 0 Å². The fraction of sp³-hybridized carbons (Fsp3) is 0. The van der Waals surface area contributed by atoms with Crippen LogP contribution in [0.5, 0.6) is 0 Å². The van der Waals surface area contributed by atoms with Gasteiger partial charge in [-0.1, -0.05) is 18.2 Å². The van der Waals surface area contributed by atoms with Crippen molar-refractivity contribution in [3.8, 4) is 0 Å². The number of carbonyl (C=O) groups is 2. The minimum atomic E-state index is -1.42. The number of pyridine rings is 1. The molecule has 0 aliphatic heterocycles. The third-order valence-corrected chi connectivity index (χ3v) is 2.26. The highest BCUT2D eigenvalue weighted by atomic mass is 16.4. The van der Waals surface area contributed by atoms with E-state index in [1.807, 2.05) is 12.1 Å². The predicted molar refractivity (Wildman–Crippen MR) is 64.5 cm³/mol. The minimum absolute atomic E-state index is 0.529. The number of nitrogens with one attached hydrogen (secondary N) is 1. The van der Waals surface area contributed by atoms with E-state index < -0.39 is 11.9 Å². The van der Waals surface area contributed by atoms with Gasteiger partial charge in [0, 0.05) is 17.7 Å². The molecule has 0 bridgehead atoms. The van der Waals surface area contributed by atoms with Crippen molar-refractivity contribution in [2.45, 2.75) is 0 Å². The zero-order valence-corrected chi connectivity index (χ0v) is 9.29. The highest BCUT2D eigenvalue weighted by molar-refractivity contribution is 6.06. The first-order valence-corrected chi connectivity index (χ1v) is 5.20. The topological polar surface area (TPSA) is 82.1 Å². The van der Waals surface area contributed by atoms with Crippen LogP contribution in [-0.4, -0.2) is 16.9 Å². The van der Waals surface area contributed by atoms with Crippen LogP contribution in [0.4, 0.5) is 5.69 Å². The number of fused-ring (bicyclic) bond motifs is 1. The lowest BCUT2D eigenvalue weighted by molar-refractivity contribution is -0.297. The molecule has 0 spiro atoms. The number of aromatic nitrogens is 1. The monoisotopic (exact) mass is 241 g/mol. The Labute approximate surface area is 103 Å². The van der Waals surface area contributed by atoms with E-state index in [4.69, 9.17) is 0 Å². The Morgan fingerprint density at radius 3 is 2.72 bits per heavy atom. The van der Waals surface area contributed by atoms with E-state index in [0.717, 1.165) is 11.5 Å². The maximum Gasteiger partial charge on any atom is 0.248 e. The van der Waals surface area contributed by atoms with Crippen molar-refractivity contribution in [2.75, 3.05) is 5.32 Å². The molecule has 0 atom stereocenters. The summed E-state index contributed by atoms with van der Waals surface area (Å²) in [5.41, 5.74) is 1.18. The first kappa shape index (κ1) is 11.8. The second kappa shape index (κ2) is 5.09. The van der Waals surface area contributed by atoms with Crippen molar-refractivity contribution in [2.24, 2.45) is 0 Å². The Bertz CT molecular complexity index is 630. The van der Waals surface area contributed by atoms with E-state index in [-0.39, 0.29) is 0 Å². The fourth-order valence-corrected chi connectivity index (χ4v) is 1.52. The number of carboxylic acid groups (broad SMARTS) is 1.